The molecule has 18 heavy (non-hydrogen) atoms. The fourth-order valence-electron chi connectivity index (χ4n) is 1.86. The molecular weight excluding hydrogens is 277 g/mol. The van der Waals surface area contributed by atoms with Crippen LogP contribution < -0.4 is 5.32 Å². The molecule has 1 aliphatic heterocycles. The maximum absolute atomic E-state index is 11.7. The summed E-state index contributed by atoms with van der Waals surface area (Å²) in [5.41, 5.74) is 0.464. The number of aromatic hydroxyl groups is 1. The molecule has 1 aliphatic rings. The summed E-state index contributed by atoms with van der Waals surface area (Å²) in [5.74, 6) is -0.338. The lowest BCUT2D eigenvalue weighted by Gasteiger charge is -2.11. The van der Waals surface area contributed by atoms with Crippen molar-refractivity contribution >= 4 is 34.8 Å². The zero-order valence-electron chi connectivity index (χ0n) is 9.58. The summed E-state index contributed by atoms with van der Waals surface area (Å²) in [6.07, 6.45) is 2.21. The molecule has 0 radical (unpaired) electrons. The van der Waals surface area contributed by atoms with Crippen LogP contribution in [0.1, 0.15) is 19.3 Å². The Labute approximate surface area is 115 Å². The molecule has 4 nitrogen and oxygen atoms in total. The van der Waals surface area contributed by atoms with Crippen molar-refractivity contribution in [2.75, 3.05) is 11.9 Å². The number of halogens is 2. The molecule has 98 valence electrons. The fourth-order valence-corrected chi connectivity index (χ4v) is 2.35. The average molecular weight is 290 g/mol. The standard InChI is InChI=1S/C12H13Cl2NO3/c13-9-4-7(5-10(14)12(9)17)15-11(16)6-8-2-1-3-18-8/h4-5,8,17H,1-3,6H2,(H,15,16). The van der Waals surface area contributed by atoms with Crippen molar-refractivity contribution in [2.45, 2.75) is 25.4 Å². The van der Waals surface area contributed by atoms with E-state index >= 15 is 0 Å². The Morgan fingerprint density at radius 1 is 1.44 bits per heavy atom. The first-order chi connectivity index (χ1) is 8.56. The van der Waals surface area contributed by atoms with Crippen LogP contribution in [0.3, 0.4) is 0 Å². The second kappa shape index (κ2) is 5.78. The summed E-state index contributed by atoms with van der Waals surface area (Å²) in [7, 11) is 0. The molecule has 0 spiro atoms. The molecule has 1 aromatic rings. The zero-order chi connectivity index (χ0) is 13.1. The van der Waals surface area contributed by atoms with Crippen molar-refractivity contribution < 1.29 is 14.6 Å². The number of nitrogens with one attached hydrogen (secondary N) is 1. The predicted molar refractivity (Wildman–Crippen MR) is 70.3 cm³/mol. The SMILES string of the molecule is O=C(CC1CCCO1)Nc1cc(Cl)c(O)c(Cl)c1. The van der Waals surface area contributed by atoms with Gasteiger partial charge in [0, 0.05) is 12.3 Å². The van der Waals surface area contributed by atoms with Crippen molar-refractivity contribution in [3.63, 3.8) is 0 Å². The third kappa shape index (κ3) is 3.28. The Morgan fingerprint density at radius 3 is 2.67 bits per heavy atom. The first-order valence-electron chi connectivity index (χ1n) is 5.65. The van der Waals surface area contributed by atoms with Crippen molar-refractivity contribution in [1.29, 1.82) is 0 Å². The van der Waals surface area contributed by atoms with E-state index < -0.39 is 0 Å². The minimum Gasteiger partial charge on any atom is -0.505 e. The predicted octanol–water partition coefficient (Wildman–Crippen LogP) is 3.21. The molecule has 6 heteroatoms. The van der Waals surface area contributed by atoms with Crippen LogP contribution in [-0.2, 0) is 9.53 Å². The molecule has 2 N–H and O–H groups in total. The Balaban J connectivity index is 1.98. The number of carbonyl (C=O) groups excluding carboxylic acids is 1. The Bertz CT molecular complexity index is 436. The summed E-state index contributed by atoms with van der Waals surface area (Å²) in [6, 6.07) is 2.91. The summed E-state index contributed by atoms with van der Waals surface area (Å²) < 4.78 is 5.37. The minimum absolute atomic E-state index is 0.00643. The van der Waals surface area contributed by atoms with Gasteiger partial charge in [0.05, 0.1) is 22.6 Å². The zero-order valence-corrected chi connectivity index (χ0v) is 11.1. The Morgan fingerprint density at radius 2 is 2.11 bits per heavy atom. The smallest absolute Gasteiger partial charge is 0.226 e. The molecule has 1 atom stereocenters. The third-order valence-electron chi connectivity index (χ3n) is 2.74. The highest BCUT2D eigenvalue weighted by Gasteiger charge is 2.19. The summed E-state index contributed by atoms with van der Waals surface area (Å²) in [4.78, 5) is 11.7. The second-order valence-corrected chi connectivity index (χ2v) is 4.99. The van der Waals surface area contributed by atoms with E-state index in [0.29, 0.717) is 12.1 Å². The number of hydrogen-bond acceptors (Lipinski definition) is 3. The average Bonchev–Trinajstić information content (AvgIpc) is 2.78. The third-order valence-corrected chi connectivity index (χ3v) is 3.31. The molecule has 0 bridgehead atoms. The molecule has 0 saturated carbocycles. The van der Waals surface area contributed by atoms with E-state index in [9.17, 15) is 9.90 Å². The molecule has 0 aliphatic carbocycles. The van der Waals surface area contributed by atoms with Gasteiger partial charge in [-0.2, -0.15) is 0 Å². The first kappa shape index (κ1) is 13.5. The van der Waals surface area contributed by atoms with Gasteiger partial charge in [0.15, 0.2) is 5.75 Å². The van der Waals surface area contributed by atoms with Crippen LogP contribution in [-0.4, -0.2) is 23.7 Å². The van der Waals surface area contributed by atoms with Crippen molar-refractivity contribution in [3.8, 4) is 5.75 Å². The number of carbonyl (C=O) groups is 1. The van der Waals surface area contributed by atoms with Gasteiger partial charge in [-0.25, -0.2) is 0 Å². The van der Waals surface area contributed by atoms with E-state index in [1.54, 1.807) is 0 Å². The largest absolute Gasteiger partial charge is 0.505 e. The summed E-state index contributed by atoms with van der Waals surface area (Å²) in [6.45, 7) is 0.717. The lowest BCUT2D eigenvalue weighted by molar-refractivity contribution is -0.118. The Kier molecular flexibility index (Phi) is 4.32. The maximum atomic E-state index is 11.7. The molecule has 1 aromatic carbocycles. The van der Waals surface area contributed by atoms with Gasteiger partial charge in [-0.15, -0.1) is 0 Å². The van der Waals surface area contributed by atoms with Gasteiger partial charge in [-0.05, 0) is 25.0 Å². The van der Waals surface area contributed by atoms with E-state index in [1.807, 2.05) is 0 Å². The molecule has 0 aromatic heterocycles. The van der Waals surface area contributed by atoms with Crippen LogP contribution in [0.2, 0.25) is 10.0 Å². The number of rotatable bonds is 3. The van der Waals surface area contributed by atoms with Crippen molar-refractivity contribution in [1.82, 2.24) is 0 Å². The van der Waals surface area contributed by atoms with E-state index in [1.165, 1.54) is 12.1 Å². The van der Waals surface area contributed by atoms with Gasteiger partial charge >= 0.3 is 0 Å². The van der Waals surface area contributed by atoms with E-state index in [2.05, 4.69) is 5.32 Å². The number of phenols is 1. The molecule has 1 heterocycles. The topological polar surface area (TPSA) is 58.6 Å². The molecule has 2 rings (SSSR count). The van der Waals surface area contributed by atoms with E-state index in [-0.39, 0.29) is 27.8 Å². The monoisotopic (exact) mass is 289 g/mol. The lowest BCUT2D eigenvalue weighted by atomic mass is 10.2. The van der Waals surface area contributed by atoms with Crippen LogP contribution >= 0.6 is 23.2 Å². The molecule has 1 saturated heterocycles. The number of benzene rings is 1. The van der Waals surface area contributed by atoms with Crippen LogP contribution in [0.25, 0.3) is 0 Å². The highest BCUT2D eigenvalue weighted by Crippen LogP contribution is 2.34. The van der Waals surface area contributed by atoms with Crippen molar-refractivity contribution in [2.24, 2.45) is 0 Å². The normalized spacial score (nSPS) is 18.9. The number of phenolic OH excluding ortho intramolecular Hbond substituents is 1. The summed E-state index contributed by atoms with van der Waals surface area (Å²) >= 11 is 11.5. The molecule has 1 amide bonds. The number of amides is 1. The lowest BCUT2D eigenvalue weighted by Crippen LogP contribution is -2.19. The van der Waals surface area contributed by atoms with Crippen LogP contribution in [0.4, 0.5) is 5.69 Å². The molecule has 1 unspecified atom stereocenters. The highest BCUT2D eigenvalue weighted by atomic mass is 35.5. The number of ether oxygens (including phenoxy) is 1. The molecular formula is C12H13Cl2NO3. The van der Waals surface area contributed by atoms with Crippen LogP contribution in [0.5, 0.6) is 5.75 Å². The van der Waals surface area contributed by atoms with Gasteiger partial charge in [0.1, 0.15) is 0 Å². The van der Waals surface area contributed by atoms with Crippen LogP contribution in [0, 0.1) is 0 Å². The van der Waals surface area contributed by atoms with Crippen molar-refractivity contribution in [3.05, 3.63) is 22.2 Å². The van der Waals surface area contributed by atoms with Gasteiger partial charge in [-0.1, -0.05) is 23.2 Å². The summed E-state index contributed by atoms with van der Waals surface area (Å²) in [5, 5.41) is 12.3. The van der Waals surface area contributed by atoms with Gasteiger partial charge in [0.25, 0.3) is 0 Å². The maximum Gasteiger partial charge on any atom is 0.226 e. The van der Waals surface area contributed by atoms with Gasteiger partial charge in [0.2, 0.25) is 5.91 Å². The first-order valence-corrected chi connectivity index (χ1v) is 6.41. The van der Waals surface area contributed by atoms with E-state index in [0.717, 1.165) is 19.4 Å². The van der Waals surface area contributed by atoms with E-state index in [4.69, 9.17) is 27.9 Å². The second-order valence-electron chi connectivity index (χ2n) is 4.18. The number of anilines is 1. The minimum atomic E-state index is -0.185. The quantitative estimate of drug-likeness (QED) is 0.840. The van der Waals surface area contributed by atoms with Gasteiger partial charge in [-0.3, -0.25) is 4.79 Å². The molecule has 1 fully saturated rings. The Hall–Kier alpha value is -0.970. The van der Waals surface area contributed by atoms with Gasteiger partial charge < -0.3 is 15.2 Å². The number of hydrogen-bond donors (Lipinski definition) is 2. The fraction of sp³-hybridized carbons (Fsp3) is 0.417. The highest BCUT2D eigenvalue weighted by molar-refractivity contribution is 6.37. The van der Waals surface area contributed by atoms with Crippen LogP contribution in [0.15, 0.2) is 12.1 Å².